The first-order valence-electron chi connectivity index (χ1n) is 11.6. The molecule has 0 aliphatic heterocycles. The summed E-state index contributed by atoms with van der Waals surface area (Å²) < 4.78 is 0. The minimum atomic E-state index is 0.294. The predicted molar refractivity (Wildman–Crippen MR) is 149 cm³/mol. The van der Waals surface area contributed by atoms with Crippen LogP contribution in [0.25, 0.3) is 11.1 Å². The standard InChI is InChI=1S/C30H38S2/c1-19-20(2)28-18-30(32(7)8)26-14-10-12-24(16-26)23-11-9-13-25(15-23)29(31(5)6)17-27(19)21(3)22(28)4/h9-16,29-30H,17-18H2,1-8H3/q+2/t29-,30-/m1/s1. The Morgan fingerprint density at radius 3 is 1.22 bits per heavy atom. The maximum absolute atomic E-state index is 2.47. The van der Waals surface area contributed by atoms with Crippen molar-refractivity contribution in [3.63, 3.8) is 0 Å². The second-order valence-corrected chi connectivity index (χ2v) is 14.5. The molecule has 32 heavy (non-hydrogen) atoms. The minimum absolute atomic E-state index is 0.294. The van der Waals surface area contributed by atoms with E-state index in [0.29, 0.717) is 32.3 Å². The number of rotatable bonds is 2. The molecular weight excluding hydrogens is 424 g/mol. The molecule has 6 bridgehead atoms. The van der Waals surface area contributed by atoms with Gasteiger partial charge in [0.2, 0.25) is 0 Å². The fraction of sp³-hybridized carbons (Fsp3) is 0.400. The normalized spacial score (nSPS) is 18.3. The molecule has 3 aromatic rings. The summed E-state index contributed by atoms with van der Waals surface area (Å²) in [6.45, 7) is 9.49. The molecule has 0 amide bonds. The Morgan fingerprint density at radius 1 is 0.562 bits per heavy atom. The van der Waals surface area contributed by atoms with E-state index in [1.807, 2.05) is 0 Å². The van der Waals surface area contributed by atoms with Gasteiger partial charge in [-0.15, -0.1) is 0 Å². The average molecular weight is 463 g/mol. The molecule has 0 radical (unpaired) electrons. The molecule has 0 heterocycles. The Balaban J connectivity index is 2.03. The molecular formula is C30H38S2+2. The monoisotopic (exact) mass is 462 g/mol. The summed E-state index contributed by atoms with van der Waals surface area (Å²) in [5.74, 6) is 0. The van der Waals surface area contributed by atoms with E-state index in [0.717, 1.165) is 12.8 Å². The molecule has 0 saturated carbocycles. The van der Waals surface area contributed by atoms with Crippen molar-refractivity contribution in [2.45, 2.75) is 51.0 Å². The highest BCUT2D eigenvalue weighted by atomic mass is 32.2. The van der Waals surface area contributed by atoms with Crippen LogP contribution in [0.1, 0.15) is 55.0 Å². The molecule has 2 heteroatoms. The van der Waals surface area contributed by atoms with Gasteiger partial charge in [0, 0.05) is 24.0 Å². The SMILES string of the molecule is Cc1c(C)c2c(C)c(C)c1C[C@@H]([S+](C)C)c1cccc(c1)-c1cccc(c1)[C@H]([S+](C)C)C2. The Bertz CT molecular complexity index is 1020. The van der Waals surface area contributed by atoms with E-state index in [1.165, 1.54) is 44.5 Å². The number of hydrogen-bond donors (Lipinski definition) is 0. The van der Waals surface area contributed by atoms with Crippen molar-refractivity contribution in [2.24, 2.45) is 0 Å². The van der Waals surface area contributed by atoms with Gasteiger partial charge in [-0.3, -0.25) is 0 Å². The van der Waals surface area contributed by atoms with Crippen LogP contribution in [0.2, 0.25) is 0 Å². The van der Waals surface area contributed by atoms with E-state index < -0.39 is 0 Å². The fourth-order valence-electron chi connectivity index (χ4n) is 5.40. The van der Waals surface area contributed by atoms with Crippen LogP contribution >= 0.6 is 0 Å². The third-order valence-electron chi connectivity index (χ3n) is 7.70. The molecule has 0 spiro atoms. The number of fused-ring (bicyclic) bond motifs is 4. The second-order valence-electron chi connectivity index (χ2n) is 9.85. The largest absolute Gasteiger partial charge is 0.146 e. The predicted octanol–water partition coefficient (Wildman–Crippen LogP) is 7.22. The van der Waals surface area contributed by atoms with Crippen molar-refractivity contribution in [3.8, 4) is 11.1 Å². The van der Waals surface area contributed by atoms with Crippen molar-refractivity contribution >= 4 is 21.8 Å². The molecule has 0 saturated heterocycles. The van der Waals surface area contributed by atoms with Crippen LogP contribution in [0.15, 0.2) is 48.5 Å². The summed E-state index contributed by atoms with van der Waals surface area (Å²) in [4.78, 5) is 0. The molecule has 0 N–H and O–H groups in total. The maximum Gasteiger partial charge on any atom is 0.146 e. The van der Waals surface area contributed by atoms with Gasteiger partial charge >= 0.3 is 0 Å². The number of benzene rings is 3. The summed E-state index contributed by atoms with van der Waals surface area (Å²) in [5.41, 5.74) is 14.9. The van der Waals surface area contributed by atoms with Crippen molar-refractivity contribution in [1.29, 1.82) is 0 Å². The van der Waals surface area contributed by atoms with Gasteiger partial charge in [-0.2, -0.15) is 0 Å². The van der Waals surface area contributed by atoms with Crippen LogP contribution < -0.4 is 0 Å². The van der Waals surface area contributed by atoms with E-state index in [4.69, 9.17) is 0 Å². The molecule has 3 aromatic carbocycles. The average Bonchev–Trinajstić information content (AvgIpc) is 2.77. The van der Waals surface area contributed by atoms with Crippen LogP contribution in [0, 0.1) is 27.7 Å². The van der Waals surface area contributed by atoms with Crippen LogP contribution in [-0.4, -0.2) is 25.0 Å². The third kappa shape index (κ3) is 4.29. The molecule has 0 fully saturated rings. The van der Waals surface area contributed by atoms with Gasteiger partial charge in [0.15, 0.2) is 0 Å². The lowest BCUT2D eigenvalue weighted by molar-refractivity contribution is 0.868. The third-order valence-corrected chi connectivity index (χ3v) is 10.9. The Hall–Kier alpha value is -1.64. The van der Waals surface area contributed by atoms with Gasteiger partial charge in [-0.05, 0) is 106 Å². The fourth-order valence-corrected chi connectivity index (χ4v) is 7.78. The summed E-state index contributed by atoms with van der Waals surface area (Å²) in [5, 5.41) is 1.10. The van der Waals surface area contributed by atoms with Gasteiger partial charge in [-0.1, -0.05) is 36.4 Å². The Labute approximate surface area is 201 Å². The molecule has 5 rings (SSSR count). The zero-order valence-electron chi connectivity index (χ0n) is 21.0. The van der Waals surface area contributed by atoms with E-state index in [2.05, 4.69) is 101 Å². The molecule has 2 atom stereocenters. The molecule has 2 aliphatic rings. The summed E-state index contributed by atoms with van der Waals surface area (Å²) in [7, 11) is 0.588. The number of hydrogen-bond acceptors (Lipinski definition) is 0. The van der Waals surface area contributed by atoms with E-state index in [9.17, 15) is 0 Å². The van der Waals surface area contributed by atoms with Crippen LogP contribution in [0.5, 0.6) is 0 Å². The summed E-state index contributed by atoms with van der Waals surface area (Å²) in [6.07, 6.45) is 11.9. The van der Waals surface area contributed by atoms with Crippen molar-refractivity contribution in [2.75, 3.05) is 25.0 Å². The van der Waals surface area contributed by atoms with Crippen LogP contribution in [0.4, 0.5) is 0 Å². The maximum atomic E-state index is 2.47. The molecule has 168 valence electrons. The summed E-state index contributed by atoms with van der Waals surface area (Å²) >= 11 is 0. The van der Waals surface area contributed by atoms with Gasteiger partial charge in [0.05, 0.1) is 25.0 Å². The summed E-state index contributed by atoms with van der Waals surface area (Å²) in [6, 6.07) is 18.8. The van der Waals surface area contributed by atoms with Crippen molar-refractivity contribution < 1.29 is 0 Å². The zero-order chi connectivity index (χ0) is 23.2. The molecule has 0 aromatic heterocycles. The lowest BCUT2D eigenvalue weighted by atomic mass is 9.83. The topological polar surface area (TPSA) is 0 Å². The Kier molecular flexibility index (Phi) is 6.84. The second kappa shape index (κ2) is 9.31. The molecule has 2 aliphatic carbocycles. The van der Waals surface area contributed by atoms with Crippen molar-refractivity contribution in [1.82, 2.24) is 0 Å². The lowest BCUT2D eigenvalue weighted by Gasteiger charge is -2.25. The lowest BCUT2D eigenvalue weighted by Crippen LogP contribution is -2.19. The van der Waals surface area contributed by atoms with Gasteiger partial charge < -0.3 is 0 Å². The minimum Gasteiger partial charge on any atom is -0.0612 e. The highest BCUT2D eigenvalue weighted by Crippen LogP contribution is 2.38. The van der Waals surface area contributed by atoms with E-state index >= 15 is 0 Å². The Morgan fingerprint density at radius 2 is 0.906 bits per heavy atom. The first kappa shape index (κ1) is 23.5. The molecule has 0 nitrogen and oxygen atoms in total. The molecule has 0 unspecified atom stereocenters. The van der Waals surface area contributed by atoms with E-state index in [-0.39, 0.29) is 0 Å². The van der Waals surface area contributed by atoms with Crippen molar-refractivity contribution in [3.05, 3.63) is 93.0 Å². The first-order valence-corrected chi connectivity index (χ1v) is 15.8. The van der Waals surface area contributed by atoms with Crippen LogP contribution in [0.3, 0.4) is 0 Å². The smallest absolute Gasteiger partial charge is 0.0612 e. The van der Waals surface area contributed by atoms with Crippen LogP contribution in [-0.2, 0) is 34.6 Å². The van der Waals surface area contributed by atoms with E-state index in [1.54, 1.807) is 11.1 Å². The zero-order valence-corrected chi connectivity index (χ0v) is 22.6. The first-order chi connectivity index (χ1) is 15.2. The van der Waals surface area contributed by atoms with Gasteiger partial charge in [-0.25, -0.2) is 0 Å². The van der Waals surface area contributed by atoms with Gasteiger partial charge in [0.1, 0.15) is 10.5 Å². The van der Waals surface area contributed by atoms with Gasteiger partial charge in [0.25, 0.3) is 0 Å². The quantitative estimate of drug-likeness (QED) is 0.353. The highest BCUT2D eigenvalue weighted by Gasteiger charge is 2.31. The highest BCUT2D eigenvalue weighted by molar-refractivity contribution is 7.96.